The fourth-order valence-electron chi connectivity index (χ4n) is 2.40. The Hall–Kier alpha value is -1.40. The first-order valence-electron chi connectivity index (χ1n) is 8.33. The van der Waals surface area contributed by atoms with Gasteiger partial charge < -0.3 is 20.3 Å². The van der Waals surface area contributed by atoms with Crippen molar-refractivity contribution in [3.63, 3.8) is 0 Å². The highest BCUT2D eigenvalue weighted by Gasteiger charge is 2.17. The van der Waals surface area contributed by atoms with E-state index in [9.17, 15) is 10.2 Å². The Labute approximate surface area is 158 Å². The van der Waals surface area contributed by atoms with Gasteiger partial charge in [0.15, 0.2) is 0 Å². The average molecular weight is 408 g/mol. The van der Waals surface area contributed by atoms with Crippen LogP contribution in [-0.4, -0.2) is 22.3 Å². The van der Waals surface area contributed by atoms with E-state index in [4.69, 9.17) is 4.74 Å². The van der Waals surface area contributed by atoms with E-state index in [-0.39, 0.29) is 12.1 Å². The number of rotatable bonds is 7. The van der Waals surface area contributed by atoms with Gasteiger partial charge >= 0.3 is 0 Å². The van der Waals surface area contributed by atoms with Gasteiger partial charge in [-0.15, -0.1) is 0 Å². The smallest absolute Gasteiger partial charge is 0.139 e. The Morgan fingerprint density at radius 2 is 1.84 bits per heavy atom. The zero-order valence-corrected chi connectivity index (χ0v) is 16.5. The van der Waals surface area contributed by atoms with Gasteiger partial charge in [0.25, 0.3) is 0 Å². The monoisotopic (exact) mass is 407 g/mol. The van der Waals surface area contributed by atoms with Gasteiger partial charge in [-0.25, -0.2) is 0 Å². The third-order valence-electron chi connectivity index (χ3n) is 3.75. The fourth-order valence-corrected chi connectivity index (χ4v) is 3.03. The molecule has 2 aromatic rings. The zero-order chi connectivity index (χ0) is 18.4. The first kappa shape index (κ1) is 19.9. The summed E-state index contributed by atoms with van der Waals surface area (Å²) in [7, 11) is 0. The van der Waals surface area contributed by atoms with E-state index in [0.717, 1.165) is 15.6 Å². The van der Waals surface area contributed by atoms with Crippen molar-refractivity contribution < 1.29 is 14.9 Å². The molecule has 0 amide bonds. The number of halogens is 1. The van der Waals surface area contributed by atoms with Crippen LogP contribution >= 0.6 is 15.9 Å². The van der Waals surface area contributed by atoms with Gasteiger partial charge in [-0.1, -0.05) is 30.3 Å². The number of aliphatic hydroxyl groups is 2. The molecule has 0 bridgehead atoms. The van der Waals surface area contributed by atoms with Crippen LogP contribution in [0.1, 0.15) is 43.6 Å². The molecule has 0 radical (unpaired) electrons. The number of nitrogens with one attached hydrogen (secondary N) is 1. The number of β-amino-alcohol motifs (C(OH)–C–C–N with tert-alkyl or cyclic N) is 1. The van der Waals surface area contributed by atoms with Crippen molar-refractivity contribution in [1.29, 1.82) is 0 Å². The number of aliphatic hydroxyl groups excluding tert-OH is 2. The molecule has 0 aliphatic carbocycles. The van der Waals surface area contributed by atoms with Crippen molar-refractivity contribution in [1.82, 2.24) is 5.32 Å². The summed E-state index contributed by atoms with van der Waals surface area (Å²) in [6.45, 7) is 6.85. The lowest BCUT2D eigenvalue weighted by molar-refractivity contribution is 0.162. The van der Waals surface area contributed by atoms with Crippen LogP contribution in [0.4, 0.5) is 0 Å². The van der Waals surface area contributed by atoms with Gasteiger partial charge in [-0.3, -0.25) is 0 Å². The molecule has 0 fully saturated rings. The van der Waals surface area contributed by atoms with E-state index in [1.54, 1.807) is 6.07 Å². The second-order valence-electron chi connectivity index (χ2n) is 7.07. The van der Waals surface area contributed by atoms with Crippen LogP contribution in [0, 0.1) is 0 Å². The molecule has 2 aromatic carbocycles. The third-order valence-corrected chi connectivity index (χ3v) is 4.34. The van der Waals surface area contributed by atoms with Gasteiger partial charge in [-0.05, 0) is 60.0 Å². The normalized spacial score (nSPS) is 12.9. The van der Waals surface area contributed by atoms with Crippen LogP contribution in [-0.2, 0) is 13.2 Å². The van der Waals surface area contributed by atoms with Crippen molar-refractivity contribution in [2.75, 3.05) is 6.54 Å². The Morgan fingerprint density at radius 1 is 1.16 bits per heavy atom. The number of benzene rings is 2. The quantitative estimate of drug-likeness (QED) is 0.650. The summed E-state index contributed by atoms with van der Waals surface area (Å²) >= 11 is 3.50. The molecule has 2 rings (SSSR count). The van der Waals surface area contributed by atoms with Crippen LogP contribution in [0.2, 0.25) is 0 Å². The summed E-state index contributed by atoms with van der Waals surface area (Å²) in [5, 5.41) is 23.4. The SMILES string of the molecule is CC(C)(C)NCC(O)c1cc(Br)c(OCc2ccccc2)c(CO)c1. The fraction of sp³-hybridized carbons (Fsp3) is 0.400. The molecule has 0 saturated heterocycles. The largest absolute Gasteiger partial charge is 0.487 e. The van der Waals surface area contributed by atoms with E-state index in [1.165, 1.54) is 0 Å². The molecule has 5 heteroatoms. The van der Waals surface area contributed by atoms with Gasteiger partial charge in [0.05, 0.1) is 17.2 Å². The van der Waals surface area contributed by atoms with E-state index < -0.39 is 6.10 Å². The minimum Gasteiger partial charge on any atom is -0.487 e. The van der Waals surface area contributed by atoms with E-state index in [1.807, 2.05) is 36.4 Å². The highest BCUT2D eigenvalue weighted by Crippen LogP contribution is 2.33. The van der Waals surface area contributed by atoms with Gasteiger partial charge in [0, 0.05) is 17.6 Å². The molecule has 4 nitrogen and oxygen atoms in total. The first-order valence-corrected chi connectivity index (χ1v) is 9.12. The lowest BCUT2D eigenvalue weighted by Gasteiger charge is -2.24. The van der Waals surface area contributed by atoms with Gasteiger partial charge in [0.2, 0.25) is 0 Å². The summed E-state index contributed by atoms with van der Waals surface area (Å²) in [5.41, 5.74) is 2.36. The maximum Gasteiger partial charge on any atom is 0.139 e. The van der Waals surface area contributed by atoms with Crippen molar-refractivity contribution in [2.24, 2.45) is 0 Å². The maximum absolute atomic E-state index is 10.4. The summed E-state index contributed by atoms with van der Waals surface area (Å²) in [6, 6.07) is 13.5. The van der Waals surface area contributed by atoms with Crippen LogP contribution in [0.25, 0.3) is 0 Å². The van der Waals surface area contributed by atoms with Gasteiger partial charge in [-0.2, -0.15) is 0 Å². The topological polar surface area (TPSA) is 61.7 Å². The van der Waals surface area contributed by atoms with Crippen LogP contribution in [0.15, 0.2) is 46.9 Å². The predicted molar refractivity (Wildman–Crippen MR) is 104 cm³/mol. The molecule has 25 heavy (non-hydrogen) atoms. The Balaban J connectivity index is 2.14. The van der Waals surface area contributed by atoms with Crippen molar-refractivity contribution >= 4 is 15.9 Å². The second-order valence-corrected chi connectivity index (χ2v) is 7.92. The lowest BCUT2D eigenvalue weighted by atomic mass is 10.0. The molecule has 136 valence electrons. The highest BCUT2D eigenvalue weighted by atomic mass is 79.9. The number of hydrogen-bond donors (Lipinski definition) is 3. The molecule has 0 spiro atoms. The summed E-state index contributed by atoms with van der Waals surface area (Å²) < 4.78 is 6.61. The second kappa shape index (κ2) is 8.81. The Morgan fingerprint density at radius 3 is 2.44 bits per heavy atom. The molecular formula is C20H26BrNO3. The standard InChI is InChI=1S/C20H26BrNO3/c1-20(2,3)22-11-18(24)15-9-16(12-23)19(17(21)10-15)25-13-14-7-5-4-6-8-14/h4-10,18,22-24H,11-13H2,1-3H3. The highest BCUT2D eigenvalue weighted by molar-refractivity contribution is 9.10. The molecule has 3 N–H and O–H groups in total. The molecule has 1 unspecified atom stereocenters. The third kappa shape index (κ3) is 6.12. The molecular weight excluding hydrogens is 382 g/mol. The first-order chi connectivity index (χ1) is 11.8. The maximum atomic E-state index is 10.4. The lowest BCUT2D eigenvalue weighted by Crippen LogP contribution is -2.38. The van der Waals surface area contributed by atoms with Crippen molar-refractivity contribution in [2.45, 2.75) is 45.6 Å². The average Bonchev–Trinajstić information content (AvgIpc) is 2.58. The van der Waals surface area contributed by atoms with E-state index in [2.05, 4.69) is 42.0 Å². The summed E-state index contributed by atoms with van der Waals surface area (Å²) in [4.78, 5) is 0. The summed E-state index contributed by atoms with van der Waals surface area (Å²) in [5.74, 6) is 0.603. The van der Waals surface area contributed by atoms with Crippen molar-refractivity contribution in [3.8, 4) is 5.75 Å². The summed E-state index contributed by atoms with van der Waals surface area (Å²) in [6.07, 6.45) is -0.663. The van der Waals surface area contributed by atoms with Crippen molar-refractivity contribution in [3.05, 3.63) is 63.6 Å². The molecule has 0 saturated carbocycles. The van der Waals surface area contributed by atoms with E-state index >= 15 is 0 Å². The molecule has 0 aromatic heterocycles. The van der Waals surface area contributed by atoms with E-state index in [0.29, 0.717) is 24.5 Å². The van der Waals surface area contributed by atoms with Crippen LogP contribution in [0.5, 0.6) is 5.75 Å². The van der Waals surface area contributed by atoms with Crippen LogP contribution < -0.4 is 10.1 Å². The molecule has 0 aliphatic rings. The zero-order valence-electron chi connectivity index (χ0n) is 14.9. The minimum atomic E-state index is -0.663. The molecule has 0 heterocycles. The Kier molecular flexibility index (Phi) is 7.02. The van der Waals surface area contributed by atoms with Crippen LogP contribution in [0.3, 0.4) is 0 Å². The number of hydrogen-bond acceptors (Lipinski definition) is 4. The molecule has 0 aliphatic heterocycles. The minimum absolute atomic E-state index is 0.0727. The van der Waals surface area contributed by atoms with Gasteiger partial charge in [0.1, 0.15) is 12.4 Å². The Bertz CT molecular complexity index is 683. The molecule has 1 atom stereocenters. The number of ether oxygens (including phenoxy) is 1. The predicted octanol–water partition coefficient (Wildman–Crippen LogP) is 3.94.